The lowest BCUT2D eigenvalue weighted by Gasteiger charge is -2.05. The lowest BCUT2D eigenvalue weighted by molar-refractivity contribution is -0.124. The standard InChI is InChI=1S/C9H18N2O4S/c1-3-16(14,15)11-7-6-10-9(13)5-4-8(2)12/h11H,3-7H2,1-2H3,(H,10,13). The van der Waals surface area contributed by atoms with Gasteiger partial charge in [-0.1, -0.05) is 0 Å². The molecular formula is C9H18N2O4S. The van der Waals surface area contributed by atoms with Crippen molar-refractivity contribution in [1.82, 2.24) is 10.0 Å². The molecule has 0 aromatic rings. The molecule has 0 fully saturated rings. The largest absolute Gasteiger partial charge is 0.355 e. The zero-order chi connectivity index (χ0) is 12.6. The first kappa shape index (κ1) is 15.0. The summed E-state index contributed by atoms with van der Waals surface area (Å²) in [7, 11) is -3.20. The van der Waals surface area contributed by atoms with E-state index in [0.717, 1.165) is 0 Å². The van der Waals surface area contributed by atoms with Gasteiger partial charge in [-0.2, -0.15) is 0 Å². The van der Waals surface area contributed by atoms with Crippen LogP contribution in [-0.4, -0.2) is 39.0 Å². The molecule has 16 heavy (non-hydrogen) atoms. The van der Waals surface area contributed by atoms with E-state index in [-0.39, 0.29) is 43.4 Å². The van der Waals surface area contributed by atoms with Crippen LogP contribution in [0.5, 0.6) is 0 Å². The van der Waals surface area contributed by atoms with Crippen LogP contribution in [0.3, 0.4) is 0 Å². The van der Waals surface area contributed by atoms with Gasteiger partial charge in [0.2, 0.25) is 15.9 Å². The lowest BCUT2D eigenvalue weighted by atomic mass is 10.2. The van der Waals surface area contributed by atoms with Crippen LogP contribution in [0.25, 0.3) is 0 Å². The fraction of sp³-hybridized carbons (Fsp3) is 0.778. The molecule has 0 rings (SSSR count). The Balaban J connectivity index is 3.60. The van der Waals surface area contributed by atoms with Crippen LogP contribution in [0.15, 0.2) is 0 Å². The van der Waals surface area contributed by atoms with E-state index in [9.17, 15) is 18.0 Å². The Morgan fingerprint density at radius 3 is 2.25 bits per heavy atom. The van der Waals surface area contributed by atoms with Gasteiger partial charge in [0.05, 0.1) is 5.75 Å². The molecular weight excluding hydrogens is 232 g/mol. The van der Waals surface area contributed by atoms with Crippen molar-refractivity contribution in [2.24, 2.45) is 0 Å². The number of hydrogen-bond acceptors (Lipinski definition) is 4. The molecule has 0 heterocycles. The molecule has 0 atom stereocenters. The van der Waals surface area contributed by atoms with E-state index in [4.69, 9.17) is 0 Å². The highest BCUT2D eigenvalue weighted by Crippen LogP contribution is 1.89. The van der Waals surface area contributed by atoms with Crippen LogP contribution in [-0.2, 0) is 19.6 Å². The summed E-state index contributed by atoms with van der Waals surface area (Å²) in [5, 5.41) is 2.52. The van der Waals surface area contributed by atoms with Gasteiger partial charge in [0.1, 0.15) is 5.78 Å². The number of carbonyl (C=O) groups excluding carboxylic acids is 2. The highest BCUT2D eigenvalue weighted by atomic mass is 32.2. The van der Waals surface area contributed by atoms with Gasteiger partial charge in [-0.3, -0.25) is 4.79 Å². The zero-order valence-electron chi connectivity index (χ0n) is 9.58. The molecule has 0 unspecified atom stereocenters. The summed E-state index contributed by atoms with van der Waals surface area (Å²) >= 11 is 0. The van der Waals surface area contributed by atoms with E-state index in [1.807, 2.05) is 0 Å². The summed E-state index contributed by atoms with van der Waals surface area (Å²) in [6.07, 6.45) is 0.363. The molecule has 6 nitrogen and oxygen atoms in total. The van der Waals surface area contributed by atoms with E-state index >= 15 is 0 Å². The van der Waals surface area contributed by atoms with Crippen molar-refractivity contribution in [3.8, 4) is 0 Å². The molecule has 0 aromatic carbocycles. The molecule has 0 aliphatic heterocycles. The molecule has 7 heteroatoms. The van der Waals surface area contributed by atoms with Gasteiger partial charge in [0.15, 0.2) is 0 Å². The number of amides is 1. The quantitative estimate of drug-likeness (QED) is 0.563. The minimum absolute atomic E-state index is 0.0191. The van der Waals surface area contributed by atoms with Crippen molar-refractivity contribution < 1.29 is 18.0 Å². The average Bonchev–Trinajstić information content (AvgIpc) is 2.21. The van der Waals surface area contributed by atoms with Crippen LogP contribution in [0.1, 0.15) is 26.7 Å². The van der Waals surface area contributed by atoms with Gasteiger partial charge in [-0.05, 0) is 13.8 Å². The highest BCUT2D eigenvalue weighted by molar-refractivity contribution is 7.89. The number of rotatable bonds is 8. The first-order valence-corrected chi connectivity index (χ1v) is 6.76. The Morgan fingerprint density at radius 2 is 1.75 bits per heavy atom. The normalized spacial score (nSPS) is 11.1. The van der Waals surface area contributed by atoms with Gasteiger partial charge in [-0.25, -0.2) is 13.1 Å². The van der Waals surface area contributed by atoms with Crippen LogP contribution >= 0.6 is 0 Å². The first-order valence-electron chi connectivity index (χ1n) is 5.11. The second kappa shape index (κ2) is 7.34. The number of sulfonamides is 1. The SMILES string of the molecule is CCS(=O)(=O)NCCNC(=O)CCC(C)=O. The second-order valence-corrected chi connectivity index (χ2v) is 5.45. The predicted octanol–water partition coefficient (Wildman–Crippen LogP) is -0.589. The number of nitrogens with one attached hydrogen (secondary N) is 2. The smallest absolute Gasteiger partial charge is 0.220 e. The van der Waals surface area contributed by atoms with Crippen LogP contribution in [0.4, 0.5) is 0 Å². The summed E-state index contributed by atoms with van der Waals surface area (Å²) in [5.41, 5.74) is 0. The average molecular weight is 250 g/mol. The highest BCUT2D eigenvalue weighted by Gasteiger charge is 2.06. The van der Waals surface area contributed by atoms with Gasteiger partial charge < -0.3 is 10.1 Å². The molecule has 0 spiro atoms. The van der Waals surface area contributed by atoms with E-state index in [2.05, 4.69) is 10.0 Å². The summed E-state index contributed by atoms with van der Waals surface area (Å²) in [6, 6.07) is 0. The minimum Gasteiger partial charge on any atom is -0.355 e. The van der Waals surface area contributed by atoms with Crippen LogP contribution in [0.2, 0.25) is 0 Å². The van der Waals surface area contributed by atoms with E-state index < -0.39 is 10.0 Å². The van der Waals surface area contributed by atoms with E-state index in [0.29, 0.717) is 0 Å². The Bertz CT molecular complexity index is 337. The van der Waals surface area contributed by atoms with Gasteiger partial charge in [0, 0.05) is 25.9 Å². The van der Waals surface area contributed by atoms with Gasteiger partial charge >= 0.3 is 0 Å². The molecule has 0 bridgehead atoms. The van der Waals surface area contributed by atoms with Gasteiger partial charge in [-0.15, -0.1) is 0 Å². The van der Waals surface area contributed by atoms with E-state index in [1.165, 1.54) is 13.8 Å². The summed E-state index contributed by atoms with van der Waals surface area (Å²) in [4.78, 5) is 21.7. The molecule has 0 aliphatic rings. The summed E-state index contributed by atoms with van der Waals surface area (Å²) in [5.74, 6) is -0.265. The van der Waals surface area contributed by atoms with Crippen molar-refractivity contribution in [3.63, 3.8) is 0 Å². The van der Waals surface area contributed by atoms with Crippen LogP contribution in [0, 0.1) is 0 Å². The molecule has 0 radical (unpaired) electrons. The summed E-state index contributed by atoms with van der Waals surface area (Å²) in [6.45, 7) is 3.36. The number of hydrogen-bond donors (Lipinski definition) is 2. The topological polar surface area (TPSA) is 92.3 Å². The monoisotopic (exact) mass is 250 g/mol. The van der Waals surface area contributed by atoms with Crippen LogP contribution < -0.4 is 10.0 Å². The Hall–Kier alpha value is -0.950. The fourth-order valence-electron chi connectivity index (χ4n) is 0.888. The minimum atomic E-state index is -3.20. The van der Waals surface area contributed by atoms with Gasteiger partial charge in [0.25, 0.3) is 0 Å². The summed E-state index contributed by atoms with van der Waals surface area (Å²) < 4.78 is 24.3. The van der Waals surface area contributed by atoms with Crippen molar-refractivity contribution in [2.75, 3.05) is 18.8 Å². The molecule has 94 valence electrons. The Morgan fingerprint density at radius 1 is 1.12 bits per heavy atom. The zero-order valence-corrected chi connectivity index (χ0v) is 10.4. The number of ketones is 1. The molecule has 0 saturated heterocycles. The predicted molar refractivity (Wildman–Crippen MR) is 60.4 cm³/mol. The van der Waals surface area contributed by atoms with Crippen molar-refractivity contribution in [1.29, 1.82) is 0 Å². The third kappa shape index (κ3) is 8.37. The third-order valence-corrected chi connectivity index (χ3v) is 3.26. The van der Waals surface area contributed by atoms with Crippen molar-refractivity contribution >= 4 is 21.7 Å². The molecule has 0 aliphatic carbocycles. The first-order chi connectivity index (χ1) is 7.37. The third-order valence-electron chi connectivity index (χ3n) is 1.85. The molecule has 1 amide bonds. The molecule has 0 saturated carbocycles. The Labute approximate surface area is 95.8 Å². The molecule has 2 N–H and O–H groups in total. The second-order valence-electron chi connectivity index (χ2n) is 3.35. The molecule has 0 aromatic heterocycles. The number of carbonyl (C=O) groups is 2. The van der Waals surface area contributed by atoms with Crippen molar-refractivity contribution in [2.45, 2.75) is 26.7 Å². The lowest BCUT2D eigenvalue weighted by Crippen LogP contribution is -2.35. The number of Topliss-reactive ketones (excluding diaryl/α,β-unsaturated/α-hetero) is 1. The maximum Gasteiger partial charge on any atom is 0.220 e. The maximum absolute atomic E-state index is 11.1. The Kier molecular flexibility index (Phi) is 6.91. The van der Waals surface area contributed by atoms with E-state index in [1.54, 1.807) is 0 Å². The fourth-order valence-corrected chi connectivity index (χ4v) is 1.51. The maximum atomic E-state index is 11.1. The van der Waals surface area contributed by atoms with Crippen molar-refractivity contribution in [3.05, 3.63) is 0 Å².